The van der Waals surface area contributed by atoms with Crippen LogP contribution in [0.2, 0.25) is 0 Å². The number of rotatable bonds is 1. The molecule has 5 heteroatoms. The zero-order valence-corrected chi connectivity index (χ0v) is 16.2. The zero-order chi connectivity index (χ0) is 17.6. The number of amides is 1. The van der Waals surface area contributed by atoms with Crippen molar-refractivity contribution in [1.29, 1.82) is 0 Å². The Hall–Kier alpha value is -1.20. The third-order valence-electron chi connectivity index (χ3n) is 3.79. The van der Waals surface area contributed by atoms with Gasteiger partial charge in [0.05, 0.1) is 5.75 Å². The van der Waals surface area contributed by atoms with Crippen LogP contribution in [-0.2, 0) is 15.6 Å². The van der Waals surface area contributed by atoms with E-state index in [1.807, 2.05) is 12.1 Å². The minimum atomic E-state index is -0.366. The van der Waals surface area contributed by atoms with Gasteiger partial charge in [-0.15, -0.1) is 10.5 Å². The summed E-state index contributed by atoms with van der Waals surface area (Å²) in [6.45, 7) is 12.5. The Bertz CT molecular complexity index is 672. The molecule has 126 valence electrons. The van der Waals surface area contributed by atoms with Gasteiger partial charge in [0.1, 0.15) is 10.1 Å². The highest BCUT2D eigenvalue weighted by molar-refractivity contribution is 8.35. The summed E-state index contributed by atoms with van der Waals surface area (Å²) in [7, 11) is -0.366. The summed E-state index contributed by atoms with van der Waals surface area (Å²) in [5.74, 6) is 0.782. The van der Waals surface area contributed by atoms with Gasteiger partial charge < -0.3 is 10.4 Å². The van der Waals surface area contributed by atoms with E-state index in [2.05, 4.69) is 52.2 Å². The van der Waals surface area contributed by atoms with Gasteiger partial charge in [-0.3, -0.25) is 4.79 Å². The van der Waals surface area contributed by atoms with E-state index in [9.17, 15) is 9.90 Å². The van der Waals surface area contributed by atoms with Crippen LogP contribution in [0.5, 0.6) is 5.75 Å². The molecule has 1 aromatic rings. The second kappa shape index (κ2) is 6.02. The number of carbonyl (C=O) groups is 1. The third-order valence-corrected chi connectivity index (χ3v) is 6.25. The van der Waals surface area contributed by atoms with Gasteiger partial charge in [0.15, 0.2) is 0 Å². The molecule has 1 unspecified atom stereocenters. The lowest BCUT2D eigenvalue weighted by molar-refractivity contribution is -0.116. The molecule has 0 saturated carbocycles. The number of benzene rings is 1. The number of hydrogen-bond donors (Lipinski definition) is 2. The lowest BCUT2D eigenvalue weighted by Gasteiger charge is -2.28. The number of phenolic OH excluding ortho intramolecular Hbond substituents is 1. The number of nitrogens with one attached hydrogen (secondary N) is 1. The number of carbonyl (C=O) groups excluding carboxylic acids is 1. The van der Waals surface area contributed by atoms with Crippen molar-refractivity contribution < 1.29 is 9.90 Å². The molecule has 2 rings (SSSR count). The van der Waals surface area contributed by atoms with Crippen LogP contribution in [0.4, 0.5) is 0 Å². The molecule has 23 heavy (non-hydrogen) atoms. The molecule has 1 amide bonds. The molecule has 0 aromatic heterocycles. The lowest BCUT2D eigenvalue weighted by Crippen LogP contribution is -2.18. The minimum Gasteiger partial charge on any atom is -0.507 e. The van der Waals surface area contributed by atoms with Crippen molar-refractivity contribution in [1.82, 2.24) is 5.32 Å². The monoisotopic (exact) mass is 351 g/mol. The maximum absolute atomic E-state index is 11.5. The number of aromatic hydroxyl groups is 1. The Morgan fingerprint density at radius 3 is 1.96 bits per heavy atom. The Labute approximate surface area is 146 Å². The second-order valence-electron chi connectivity index (χ2n) is 7.99. The van der Waals surface area contributed by atoms with Gasteiger partial charge >= 0.3 is 0 Å². The van der Waals surface area contributed by atoms with E-state index >= 15 is 0 Å². The van der Waals surface area contributed by atoms with Crippen molar-refractivity contribution in [2.75, 3.05) is 5.75 Å². The summed E-state index contributed by atoms with van der Waals surface area (Å²) in [6.07, 6.45) is 0. The SMILES string of the molecule is CC(C)(C)c1cc(C=S2CC(=O)NC2=S)cc(C(C)(C)C)c1O. The first kappa shape index (κ1) is 18.1. The zero-order valence-electron chi connectivity index (χ0n) is 14.6. The summed E-state index contributed by atoms with van der Waals surface area (Å²) in [5, 5.41) is 15.5. The Kier molecular flexibility index (Phi) is 4.75. The largest absolute Gasteiger partial charge is 0.507 e. The van der Waals surface area contributed by atoms with E-state index in [0.29, 0.717) is 15.8 Å². The van der Waals surface area contributed by atoms with Gasteiger partial charge in [0, 0.05) is 11.1 Å². The second-order valence-corrected chi connectivity index (χ2v) is 10.4. The van der Waals surface area contributed by atoms with Crippen molar-refractivity contribution in [3.63, 3.8) is 0 Å². The first-order valence-corrected chi connectivity index (χ1v) is 9.52. The van der Waals surface area contributed by atoms with Gasteiger partial charge in [0.25, 0.3) is 0 Å². The molecule has 1 heterocycles. The van der Waals surface area contributed by atoms with E-state index in [4.69, 9.17) is 12.2 Å². The summed E-state index contributed by atoms with van der Waals surface area (Å²) in [6, 6.07) is 4.03. The average molecular weight is 352 g/mol. The van der Waals surface area contributed by atoms with Gasteiger partial charge in [0.2, 0.25) is 5.91 Å². The molecule has 1 aromatic carbocycles. The predicted octanol–water partition coefficient (Wildman–Crippen LogP) is 3.82. The van der Waals surface area contributed by atoms with Gasteiger partial charge in [-0.05, 0) is 33.9 Å². The van der Waals surface area contributed by atoms with E-state index in [1.54, 1.807) is 0 Å². The van der Waals surface area contributed by atoms with Crippen molar-refractivity contribution in [3.05, 3.63) is 28.8 Å². The van der Waals surface area contributed by atoms with Crippen molar-refractivity contribution >= 4 is 38.3 Å². The quantitative estimate of drug-likeness (QED) is 0.756. The van der Waals surface area contributed by atoms with E-state index in [1.165, 1.54) is 0 Å². The minimum absolute atomic E-state index is 0.0135. The lowest BCUT2D eigenvalue weighted by atomic mass is 9.78. The van der Waals surface area contributed by atoms with Crippen LogP contribution in [-0.4, -0.2) is 26.5 Å². The van der Waals surface area contributed by atoms with Crippen LogP contribution in [0.25, 0.3) is 0 Å². The highest BCUT2D eigenvalue weighted by Crippen LogP contribution is 2.39. The van der Waals surface area contributed by atoms with Crippen LogP contribution in [0, 0.1) is 0 Å². The molecule has 1 atom stereocenters. The molecule has 2 N–H and O–H groups in total. The predicted molar refractivity (Wildman–Crippen MR) is 104 cm³/mol. The van der Waals surface area contributed by atoms with Crippen molar-refractivity contribution in [2.24, 2.45) is 0 Å². The summed E-state index contributed by atoms with van der Waals surface area (Å²) in [5.41, 5.74) is 2.52. The fourth-order valence-corrected chi connectivity index (χ4v) is 4.37. The Morgan fingerprint density at radius 2 is 1.61 bits per heavy atom. The fraction of sp³-hybridized carbons (Fsp3) is 0.500. The summed E-state index contributed by atoms with van der Waals surface area (Å²) in [4.78, 5) is 11.5. The molecule has 0 radical (unpaired) electrons. The van der Waals surface area contributed by atoms with E-state index in [-0.39, 0.29) is 27.2 Å². The smallest absolute Gasteiger partial charge is 0.235 e. The highest BCUT2D eigenvalue weighted by Gasteiger charge is 2.27. The van der Waals surface area contributed by atoms with Crippen LogP contribution in [0.1, 0.15) is 58.2 Å². The topological polar surface area (TPSA) is 49.3 Å². The van der Waals surface area contributed by atoms with Crippen molar-refractivity contribution in [3.8, 4) is 5.75 Å². The average Bonchev–Trinajstić information content (AvgIpc) is 2.67. The van der Waals surface area contributed by atoms with E-state index in [0.717, 1.165) is 16.7 Å². The van der Waals surface area contributed by atoms with E-state index < -0.39 is 0 Å². The highest BCUT2D eigenvalue weighted by atomic mass is 32.2. The van der Waals surface area contributed by atoms with Gasteiger partial charge in [-0.25, -0.2) is 0 Å². The molecule has 1 saturated heterocycles. The first-order valence-electron chi connectivity index (χ1n) is 7.66. The molecule has 0 aliphatic carbocycles. The third kappa shape index (κ3) is 4.01. The molecule has 1 aliphatic heterocycles. The van der Waals surface area contributed by atoms with Gasteiger partial charge in [-0.1, -0.05) is 53.8 Å². The number of hydrogen-bond acceptors (Lipinski definition) is 3. The maximum atomic E-state index is 11.5. The molecule has 0 bridgehead atoms. The molecular formula is C18H25NO2S2. The Balaban J connectivity index is 2.64. The summed E-state index contributed by atoms with van der Waals surface area (Å²) < 4.78 is 0.609. The van der Waals surface area contributed by atoms with Crippen LogP contribution < -0.4 is 5.32 Å². The van der Waals surface area contributed by atoms with Crippen LogP contribution in [0.3, 0.4) is 0 Å². The Morgan fingerprint density at radius 1 is 1.13 bits per heavy atom. The molecule has 3 nitrogen and oxygen atoms in total. The summed E-state index contributed by atoms with van der Waals surface area (Å²) >= 11 is 5.25. The molecular weight excluding hydrogens is 326 g/mol. The standard InChI is InChI=1S/C18H25NO2S2/c1-17(2,3)12-7-11(8-13(15(12)21)18(4,5)6)9-23-10-14(20)19-16(23)22/h7-9,21H,10H2,1-6H3,(H,19,20,22). The fourth-order valence-electron chi connectivity index (χ4n) is 2.55. The normalized spacial score (nSPS) is 19.3. The first-order chi connectivity index (χ1) is 10.4. The number of phenols is 1. The van der Waals surface area contributed by atoms with Crippen LogP contribution in [0.15, 0.2) is 12.1 Å². The van der Waals surface area contributed by atoms with Crippen molar-refractivity contribution in [2.45, 2.75) is 52.4 Å². The molecule has 0 spiro atoms. The maximum Gasteiger partial charge on any atom is 0.235 e. The molecule has 1 fully saturated rings. The molecule has 1 aliphatic rings. The van der Waals surface area contributed by atoms with Gasteiger partial charge in [-0.2, -0.15) is 0 Å². The van der Waals surface area contributed by atoms with Crippen LogP contribution >= 0.6 is 22.7 Å². The number of thiocarbonyl (C=S) groups is 1.